The highest BCUT2D eigenvalue weighted by Crippen LogP contribution is 2.37. The number of carbonyl (C=O) groups is 1. The van der Waals surface area contributed by atoms with Gasteiger partial charge in [-0.3, -0.25) is 4.79 Å². The number of imidazole rings is 1. The lowest BCUT2D eigenvalue weighted by atomic mass is 10.0. The zero-order chi connectivity index (χ0) is 22.3. The molecule has 0 saturated carbocycles. The molecule has 162 valence electrons. The molecule has 5 nitrogen and oxygen atoms in total. The second-order valence-corrected chi connectivity index (χ2v) is 7.60. The number of hydrogen-bond donors (Lipinski definition) is 1. The fourth-order valence-electron chi connectivity index (χ4n) is 3.86. The van der Waals surface area contributed by atoms with Crippen LogP contribution >= 0.6 is 0 Å². The van der Waals surface area contributed by atoms with Crippen molar-refractivity contribution in [3.63, 3.8) is 0 Å². The van der Waals surface area contributed by atoms with Gasteiger partial charge in [0.15, 0.2) is 0 Å². The maximum atomic E-state index is 11.0. The van der Waals surface area contributed by atoms with Crippen LogP contribution in [0.25, 0.3) is 33.9 Å². The zero-order valence-electron chi connectivity index (χ0n) is 18.1. The minimum Gasteiger partial charge on any atom is -0.497 e. The van der Waals surface area contributed by atoms with E-state index in [1.807, 2.05) is 60.7 Å². The lowest BCUT2D eigenvalue weighted by Gasteiger charge is -2.13. The van der Waals surface area contributed by atoms with Crippen molar-refractivity contribution >= 4 is 5.97 Å². The topological polar surface area (TPSA) is 64.4 Å². The van der Waals surface area contributed by atoms with Crippen LogP contribution in [-0.4, -0.2) is 27.7 Å². The highest BCUT2D eigenvalue weighted by molar-refractivity contribution is 5.82. The molecule has 0 aliphatic heterocycles. The van der Waals surface area contributed by atoms with Crippen LogP contribution < -0.4 is 4.74 Å². The Morgan fingerprint density at radius 2 is 1.47 bits per heavy atom. The highest BCUT2D eigenvalue weighted by atomic mass is 16.5. The number of aliphatic carboxylic acids is 1. The molecular formula is C27H26N2O3. The molecule has 0 unspecified atom stereocenters. The molecule has 1 N–H and O–H groups in total. The Kier molecular flexibility index (Phi) is 6.66. The quantitative estimate of drug-likeness (QED) is 0.326. The monoisotopic (exact) mass is 426 g/mol. The summed E-state index contributed by atoms with van der Waals surface area (Å²) in [6, 6.07) is 28.3. The molecule has 0 radical (unpaired) electrons. The van der Waals surface area contributed by atoms with Crippen molar-refractivity contribution in [2.45, 2.75) is 25.8 Å². The predicted molar refractivity (Wildman–Crippen MR) is 127 cm³/mol. The van der Waals surface area contributed by atoms with Crippen molar-refractivity contribution in [2.24, 2.45) is 0 Å². The van der Waals surface area contributed by atoms with Gasteiger partial charge in [0, 0.05) is 29.7 Å². The number of unbranched alkanes of at least 4 members (excludes halogenated alkanes) is 1. The average Bonchev–Trinajstić information content (AvgIpc) is 3.22. The molecule has 4 aromatic rings. The van der Waals surface area contributed by atoms with Crippen LogP contribution in [0.4, 0.5) is 0 Å². The summed E-state index contributed by atoms with van der Waals surface area (Å²) in [5.41, 5.74) is 5.07. The van der Waals surface area contributed by atoms with E-state index in [0.717, 1.165) is 46.1 Å². The smallest absolute Gasteiger partial charge is 0.303 e. The normalized spacial score (nSPS) is 10.8. The van der Waals surface area contributed by atoms with Crippen molar-refractivity contribution < 1.29 is 14.6 Å². The summed E-state index contributed by atoms with van der Waals surface area (Å²) in [5, 5.41) is 9.05. The van der Waals surface area contributed by atoms with Crippen LogP contribution in [0, 0.1) is 0 Å². The van der Waals surface area contributed by atoms with E-state index >= 15 is 0 Å². The molecule has 0 saturated heterocycles. The summed E-state index contributed by atoms with van der Waals surface area (Å²) in [7, 11) is 1.65. The first-order valence-electron chi connectivity index (χ1n) is 10.7. The molecule has 32 heavy (non-hydrogen) atoms. The first kappa shape index (κ1) is 21.4. The van der Waals surface area contributed by atoms with Crippen LogP contribution in [0.3, 0.4) is 0 Å². The molecule has 0 atom stereocenters. The van der Waals surface area contributed by atoms with E-state index in [2.05, 4.69) is 28.8 Å². The first-order valence-corrected chi connectivity index (χ1v) is 10.7. The summed E-state index contributed by atoms with van der Waals surface area (Å²) in [6.07, 6.45) is 1.53. The number of methoxy groups -OCH3 is 1. The average molecular weight is 427 g/mol. The second-order valence-electron chi connectivity index (χ2n) is 7.60. The van der Waals surface area contributed by atoms with Gasteiger partial charge >= 0.3 is 5.97 Å². The number of nitrogens with zero attached hydrogens (tertiary/aromatic N) is 2. The van der Waals surface area contributed by atoms with E-state index in [0.29, 0.717) is 13.0 Å². The van der Waals surface area contributed by atoms with Crippen LogP contribution in [0.5, 0.6) is 5.75 Å². The van der Waals surface area contributed by atoms with E-state index in [1.165, 1.54) is 0 Å². The molecule has 0 bridgehead atoms. The van der Waals surface area contributed by atoms with E-state index in [4.69, 9.17) is 14.8 Å². The van der Waals surface area contributed by atoms with E-state index in [9.17, 15) is 4.79 Å². The van der Waals surface area contributed by atoms with Crippen molar-refractivity contribution in [1.82, 2.24) is 9.55 Å². The van der Waals surface area contributed by atoms with Gasteiger partial charge in [-0.1, -0.05) is 60.7 Å². The number of hydrogen-bond acceptors (Lipinski definition) is 3. The van der Waals surface area contributed by atoms with E-state index in [-0.39, 0.29) is 6.42 Å². The van der Waals surface area contributed by atoms with Gasteiger partial charge in [0.25, 0.3) is 0 Å². The third kappa shape index (κ3) is 4.72. The number of carboxylic acid groups (broad SMARTS) is 1. The number of carboxylic acids is 1. The van der Waals surface area contributed by atoms with E-state index < -0.39 is 5.97 Å². The molecular weight excluding hydrogens is 400 g/mol. The molecule has 1 heterocycles. The number of aromatic nitrogens is 2. The maximum Gasteiger partial charge on any atom is 0.303 e. The van der Waals surface area contributed by atoms with Crippen molar-refractivity contribution in [3.05, 3.63) is 84.9 Å². The molecule has 5 heteroatoms. The Morgan fingerprint density at radius 3 is 2.06 bits per heavy atom. The standard InChI is InChI=1S/C27H26N2O3/c1-32-23-17-15-22(16-18-23)27-28-25(20-10-4-2-5-11-20)26(21-12-6-3-7-13-21)29(27)19-9-8-14-24(30)31/h2-7,10-13,15-18H,8-9,14,19H2,1H3,(H,30,31). The highest BCUT2D eigenvalue weighted by Gasteiger charge is 2.21. The Morgan fingerprint density at radius 1 is 0.844 bits per heavy atom. The molecule has 0 aliphatic rings. The van der Waals surface area contributed by atoms with E-state index in [1.54, 1.807) is 7.11 Å². The third-order valence-corrected chi connectivity index (χ3v) is 5.43. The van der Waals surface area contributed by atoms with Crippen molar-refractivity contribution in [3.8, 4) is 39.7 Å². The summed E-state index contributed by atoms with van der Waals surface area (Å²) >= 11 is 0. The number of ether oxygens (including phenoxy) is 1. The number of benzene rings is 3. The van der Waals surface area contributed by atoms with Crippen molar-refractivity contribution in [2.75, 3.05) is 7.11 Å². The van der Waals surface area contributed by atoms with Gasteiger partial charge in [-0.25, -0.2) is 4.98 Å². The van der Waals surface area contributed by atoms with Crippen LogP contribution in [0.2, 0.25) is 0 Å². The molecule has 4 rings (SSSR count). The molecule has 3 aromatic carbocycles. The van der Waals surface area contributed by atoms with Gasteiger partial charge in [0.05, 0.1) is 18.5 Å². The van der Waals surface area contributed by atoms with Gasteiger partial charge < -0.3 is 14.4 Å². The molecule has 0 fully saturated rings. The maximum absolute atomic E-state index is 11.0. The Hall–Kier alpha value is -3.86. The molecule has 1 aromatic heterocycles. The summed E-state index contributed by atoms with van der Waals surface area (Å²) in [5.74, 6) is 0.889. The molecule has 0 spiro atoms. The minimum absolute atomic E-state index is 0.165. The fraction of sp³-hybridized carbons (Fsp3) is 0.185. The minimum atomic E-state index is -0.765. The summed E-state index contributed by atoms with van der Waals surface area (Å²) < 4.78 is 7.55. The SMILES string of the molecule is COc1ccc(-c2nc(-c3ccccc3)c(-c3ccccc3)n2CCCCC(=O)O)cc1. The van der Waals surface area contributed by atoms with Crippen LogP contribution in [-0.2, 0) is 11.3 Å². The van der Waals surface area contributed by atoms with Gasteiger partial charge in [0.2, 0.25) is 0 Å². The largest absolute Gasteiger partial charge is 0.497 e. The van der Waals surface area contributed by atoms with Gasteiger partial charge in [-0.05, 0) is 37.1 Å². The van der Waals surface area contributed by atoms with Gasteiger partial charge in [-0.2, -0.15) is 0 Å². The van der Waals surface area contributed by atoms with Gasteiger partial charge in [0.1, 0.15) is 11.6 Å². The number of rotatable bonds is 9. The Bertz CT molecular complexity index is 1170. The predicted octanol–water partition coefficient (Wildman–Crippen LogP) is 6.15. The van der Waals surface area contributed by atoms with Crippen molar-refractivity contribution in [1.29, 1.82) is 0 Å². The molecule has 0 amide bonds. The zero-order valence-corrected chi connectivity index (χ0v) is 18.1. The Labute approximate surface area is 188 Å². The first-order chi connectivity index (χ1) is 15.7. The van der Waals surface area contributed by atoms with Crippen LogP contribution in [0.15, 0.2) is 84.9 Å². The third-order valence-electron chi connectivity index (χ3n) is 5.43. The summed E-state index contributed by atoms with van der Waals surface area (Å²) in [6.45, 7) is 0.679. The molecule has 0 aliphatic carbocycles. The fourth-order valence-corrected chi connectivity index (χ4v) is 3.86. The van der Waals surface area contributed by atoms with Gasteiger partial charge in [-0.15, -0.1) is 0 Å². The van der Waals surface area contributed by atoms with Crippen LogP contribution in [0.1, 0.15) is 19.3 Å². The lowest BCUT2D eigenvalue weighted by molar-refractivity contribution is -0.137. The lowest BCUT2D eigenvalue weighted by Crippen LogP contribution is -2.04. The Balaban J connectivity index is 1.87. The summed E-state index contributed by atoms with van der Waals surface area (Å²) in [4.78, 5) is 16.1. The second kappa shape index (κ2) is 9.96.